The van der Waals surface area contributed by atoms with Crippen LogP contribution in [-0.2, 0) is 9.53 Å². The van der Waals surface area contributed by atoms with Crippen LogP contribution in [0.4, 0.5) is 0 Å². The lowest BCUT2D eigenvalue weighted by molar-refractivity contribution is -0.183. The molecule has 0 aromatic rings. The van der Waals surface area contributed by atoms with Gasteiger partial charge in [0.1, 0.15) is 6.10 Å². The lowest BCUT2D eigenvalue weighted by Gasteiger charge is -2.61. The minimum atomic E-state index is -0.0681. The maximum atomic E-state index is 11.7. The van der Waals surface area contributed by atoms with E-state index in [9.17, 15) is 4.79 Å². The molecule has 0 aliphatic heterocycles. The predicted molar refractivity (Wildman–Crippen MR) is 91.9 cm³/mol. The average Bonchev–Trinajstić information content (AvgIpc) is 2.90. The third kappa shape index (κ3) is 2.30. The number of rotatable bonds is 1. The van der Waals surface area contributed by atoms with Gasteiger partial charge in [0.2, 0.25) is 0 Å². The molecule has 4 aliphatic carbocycles. The van der Waals surface area contributed by atoms with Crippen molar-refractivity contribution in [1.82, 2.24) is 0 Å². The minimum Gasteiger partial charge on any atom is -0.462 e. The highest BCUT2D eigenvalue weighted by Crippen LogP contribution is 2.66. The van der Waals surface area contributed by atoms with E-state index in [1.54, 1.807) is 6.92 Å². The number of carbonyl (C=O) groups excluding carboxylic acids is 1. The molecular formula is C21H34O2. The summed E-state index contributed by atoms with van der Waals surface area (Å²) in [6, 6.07) is 0. The molecule has 4 aliphatic rings. The number of hydrogen-bond donors (Lipinski definition) is 0. The molecule has 4 rings (SSSR count). The quantitative estimate of drug-likeness (QED) is 0.609. The molecule has 0 aromatic heterocycles. The SMILES string of the molecule is CC(=O)O[C@H]1C[C@H]2[C@@H](CC[C@H]3CCCC[C@@]32C)[C@@H]2CCC[C@@]12C. The van der Waals surface area contributed by atoms with Crippen LogP contribution in [0.3, 0.4) is 0 Å². The number of hydrogen-bond acceptors (Lipinski definition) is 2. The maximum absolute atomic E-state index is 11.7. The van der Waals surface area contributed by atoms with Gasteiger partial charge >= 0.3 is 5.97 Å². The second kappa shape index (κ2) is 5.49. The van der Waals surface area contributed by atoms with Crippen molar-refractivity contribution in [2.24, 2.45) is 34.5 Å². The Labute approximate surface area is 141 Å². The van der Waals surface area contributed by atoms with Crippen molar-refractivity contribution in [1.29, 1.82) is 0 Å². The molecule has 23 heavy (non-hydrogen) atoms. The summed E-state index contributed by atoms with van der Waals surface area (Å²) in [4.78, 5) is 11.7. The van der Waals surface area contributed by atoms with E-state index in [-0.39, 0.29) is 17.5 Å². The van der Waals surface area contributed by atoms with Gasteiger partial charge in [-0.05, 0) is 74.0 Å². The van der Waals surface area contributed by atoms with Crippen molar-refractivity contribution < 1.29 is 9.53 Å². The average molecular weight is 319 g/mol. The first-order valence-corrected chi connectivity index (χ1v) is 10.1. The zero-order valence-corrected chi connectivity index (χ0v) is 15.3. The van der Waals surface area contributed by atoms with Crippen molar-refractivity contribution in [3.63, 3.8) is 0 Å². The van der Waals surface area contributed by atoms with Gasteiger partial charge in [0.15, 0.2) is 0 Å². The van der Waals surface area contributed by atoms with Crippen molar-refractivity contribution >= 4 is 5.97 Å². The molecule has 4 saturated carbocycles. The van der Waals surface area contributed by atoms with Gasteiger partial charge in [-0.3, -0.25) is 4.79 Å². The van der Waals surface area contributed by atoms with Crippen LogP contribution in [0.25, 0.3) is 0 Å². The largest absolute Gasteiger partial charge is 0.462 e. The molecule has 0 N–H and O–H groups in total. The third-order valence-electron chi connectivity index (χ3n) is 8.77. The van der Waals surface area contributed by atoms with Gasteiger partial charge in [-0.1, -0.05) is 33.1 Å². The third-order valence-corrected chi connectivity index (χ3v) is 8.77. The van der Waals surface area contributed by atoms with Gasteiger partial charge in [0, 0.05) is 12.3 Å². The zero-order chi connectivity index (χ0) is 16.2. The summed E-state index contributed by atoms with van der Waals surface area (Å²) in [6.07, 6.45) is 13.9. The Kier molecular flexibility index (Phi) is 3.81. The van der Waals surface area contributed by atoms with Crippen LogP contribution in [0.15, 0.2) is 0 Å². The fourth-order valence-electron chi connectivity index (χ4n) is 7.61. The van der Waals surface area contributed by atoms with E-state index in [0.717, 1.165) is 30.1 Å². The number of carbonyl (C=O) groups is 1. The standard InChI is InChI=1S/C21H34O2/c1-14(22)23-19-13-18-16(17-8-6-12-21(17,19)3)10-9-15-7-4-5-11-20(15,18)2/h15-19H,4-13H2,1-3H3/t15-,16+,17+,18+,19+,20+,21-/m1/s1. The molecule has 2 heteroatoms. The summed E-state index contributed by atoms with van der Waals surface area (Å²) in [7, 11) is 0. The van der Waals surface area contributed by atoms with Crippen molar-refractivity contribution in [3.8, 4) is 0 Å². The van der Waals surface area contributed by atoms with Crippen LogP contribution in [0.5, 0.6) is 0 Å². The molecule has 0 heterocycles. The van der Waals surface area contributed by atoms with E-state index in [0.29, 0.717) is 5.41 Å². The molecule has 0 bridgehead atoms. The van der Waals surface area contributed by atoms with Crippen LogP contribution >= 0.6 is 0 Å². The zero-order valence-electron chi connectivity index (χ0n) is 15.3. The Morgan fingerprint density at radius 3 is 2.48 bits per heavy atom. The fourth-order valence-corrected chi connectivity index (χ4v) is 7.61. The van der Waals surface area contributed by atoms with Crippen LogP contribution < -0.4 is 0 Å². The number of esters is 1. The molecule has 0 amide bonds. The second-order valence-corrected chi connectivity index (χ2v) is 9.63. The van der Waals surface area contributed by atoms with Crippen LogP contribution in [0.2, 0.25) is 0 Å². The normalized spacial score (nSPS) is 52.2. The summed E-state index contributed by atoms with van der Waals surface area (Å²) in [5, 5.41) is 0. The highest BCUT2D eigenvalue weighted by Gasteiger charge is 2.61. The Balaban J connectivity index is 1.68. The van der Waals surface area contributed by atoms with E-state index < -0.39 is 0 Å². The smallest absolute Gasteiger partial charge is 0.302 e. The van der Waals surface area contributed by atoms with Gasteiger partial charge < -0.3 is 4.74 Å². The molecule has 0 saturated heterocycles. The summed E-state index contributed by atoms with van der Waals surface area (Å²) in [6.45, 7) is 6.63. The van der Waals surface area contributed by atoms with Crippen molar-refractivity contribution in [3.05, 3.63) is 0 Å². The second-order valence-electron chi connectivity index (χ2n) is 9.63. The van der Waals surface area contributed by atoms with Crippen LogP contribution in [-0.4, -0.2) is 12.1 Å². The fraction of sp³-hybridized carbons (Fsp3) is 0.952. The number of fused-ring (bicyclic) bond motifs is 5. The first kappa shape index (κ1) is 16.0. The maximum Gasteiger partial charge on any atom is 0.302 e. The van der Waals surface area contributed by atoms with E-state index in [1.807, 2.05) is 0 Å². The van der Waals surface area contributed by atoms with Crippen LogP contribution in [0.1, 0.15) is 85.0 Å². The van der Waals surface area contributed by atoms with Crippen LogP contribution in [0, 0.1) is 34.5 Å². The predicted octanol–water partition coefficient (Wildman–Crippen LogP) is 5.35. The monoisotopic (exact) mass is 318 g/mol. The summed E-state index contributed by atoms with van der Waals surface area (Å²) >= 11 is 0. The highest BCUT2D eigenvalue weighted by molar-refractivity contribution is 5.66. The Morgan fingerprint density at radius 1 is 0.913 bits per heavy atom. The highest BCUT2D eigenvalue weighted by atomic mass is 16.5. The molecule has 0 spiro atoms. The van der Waals surface area contributed by atoms with E-state index in [2.05, 4.69) is 13.8 Å². The molecule has 2 nitrogen and oxygen atoms in total. The lowest BCUT2D eigenvalue weighted by Crippen LogP contribution is -2.57. The summed E-state index contributed by atoms with van der Waals surface area (Å²) in [5.74, 6) is 3.35. The Morgan fingerprint density at radius 2 is 1.70 bits per heavy atom. The molecule has 7 atom stereocenters. The minimum absolute atomic E-state index is 0.0681. The molecular weight excluding hydrogens is 284 g/mol. The van der Waals surface area contributed by atoms with Gasteiger partial charge in [-0.2, -0.15) is 0 Å². The molecule has 4 fully saturated rings. The molecule has 0 radical (unpaired) electrons. The lowest BCUT2D eigenvalue weighted by atomic mass is 9.45. The van der Waals surface area contributed by atoms with Gasteiger partial charge in [-0.25, -0.2) is 0 Å². The van der Waals surface area contributed by atoms with E-state index in [1.165, 1.54) is 57.8 Å². The van der Waals surface area contributed by atoms with Crippen molar-refractivity contribution in [2.45, 2.75) is 91.1 Å². The Bertz CT molecular complexity index is 486. The van der Waals surface area contributed by atoms with E-state index in [4.69, 9.17) is 4.74 Å². The van der Waals surface area contributed by atoms with Gasteiger partial charge in [0.05, 0.1) is 0 Å². The van der Waals surface area contributed by atoms with E-state index >= 15 is 0 Å². The first-order valence-electron chi connectivity index (χ1n) is 10.1. The molecule has 0 unspecified atom stereocenters. The Hall–Kier alpha value is -0.530. The summed E-state index contributed by atoms with van der Waals surface area (Å²) in [5.41, 5.74) is 0.772. The van der Waals surface area contributed by atoms with Gasteiger partial charge in [-0.15, -0.1) is 0 Å². The summed E-state index contributed by atoms with van der Waals surface area (Å²) < 4.78 is 5.94. The topological polar surface area (TPSA) is 26.3 Å². The molecule has 130 valence electrons. The van der Waals surface area contributed by atoms with Crippen molar-refractivity contribution in [2.75, 3.05) is 0 Å². The molecule has 0 aromatic carbocycles. The van der Waals surface area contributed by atoms with Gasteiger partial charge in [0.25, 0.3) is 0 Å². The number of ether oxygens (including phenoxy) is 1. The first-order chi connectivity index (χ1) is 10.9.